The summed E-state index contributed by atoms with van der Waals surface area (Å²) in [6.07, 6.45) is -0.671. The number of rotatable bonds is 7. The Morgan fingerprint density at radius 1 is 1.15 bits per heavy atom. The summed E-state index contributed by atoms with van der Waals surface area (Å²) in [5.41, 5.74) is 0.630. The van der Waals surface area contributed by atoms with E-state index in [0.717, 1.165) is 6.07 Å². The topological polar surface area (TPSA) is 116 Å². The first-order valence-electron chi connectivity index (χ1n) is 7.78. The average molecular weight is 381 g/mol. The van der Waals surface area contributed by atoms with Crippen LogP contribution in [0.5, 0.6) is 11.5 Å². The van der Waals surface area contributed by atoms with Crippen LogP contribution >= 0.6 is 0 Å². The molecule has 0 saturated carbocycles. The number of nitrogens with zero attached hydrogens (tertiary/aromatic N) is 1. The van der Waals surface area contributed by atoms with Gasteiger partial charge in [0.1, 0.15) is 16.4 Å². The SMILES string of the molecule is CCC(O)Oc1cc(C)cc(OS(=O)(=O)c2cc([N+](=O)[O-])ccc2C)c1. The lowest BCUT2D eigenvalue weighted by atomic mass is 10.2. The standard InChI is InChI=1S/C17H19NO7S/c1-4-17(19)24-14-7-11(2)8-15(10-14)25-26(22,23)16-9-13(18(20)21)6-5-12(16)3/h5-10,17,19H,4H2,1-3H3. The highest BCUT2D eigenvalue weighted by atomic mass is 32.2. The molecule has 1 atom stereocenters. The van der Waals surface area contributed by atoms with Crippen LogP contribution in [0.25, 0.3) is 0 Å². The van der Waals surface area contributed by atoms with Crippen LogP contribution in [-0.2, 0) is 10.1 Å². The number of non-ortho nitro benzene ring substituents is 1. The first-order valence-corrected chi connectivity index (χ1v) is 9.19. The van der Waals surface area contributed by atoms with Gasteiger partial charge in [-0.1, -0.05) is 13.0 Å². The average Bonchev–Trinajstić information content (AvgIpc) is 2.53. The zero-order valence-electron chi connectivity index (χ0n) is 14.5. The molecule has 0 spiro atoms. The van der Waals surface area contributed by atoms with Crippen molar-refractivity contribution in [3.05, 3.63) is 57.6 Å². The van der Waals surface area contributed by atoms with Gasteiger partial charge in [0.2, 0.25) is 0 Å². The number of aliphatic hydroxyl groups is 1. The van der Waals surface area contributed by atoms with Crippen molar-refractivity contribution in [3.8, 4) is 11.5 Å². The minimum absolute atomic E-state index is 0.0193. The van der Waals surface area contributed by atoms with Crippen molar-refractivity contribution in [1.82, 2.24) is 0 Å². The van der Waals surface area contributed by atoms with E-state index in [4.69, 9.17) is 8.92 Å². The molecule has 26 heavy (non-hydrogen) atoms. The van der Waals surface area contributed by atoms with Crippen molar-refractivity contribution >= 4 is 15.8 Å². The van der Waals surface area contributed by atoms with E-state index in [0.29, 0.717) is 17.5 Å². The molecule has 0 saturated heterocycles. The number of nitro groups is 1. The summed E-state index contributed by atoms with van der Waals surface area (Å²) in [5.74, 6) is 0.231. The molecule has 1 N–H and O–H groups in total. The fraction of sp³-hybridized carbons (Fsp3) is 0.294. The fourth-order valence-corrected chi connectivity index (χ4v) is 3.38. The number of aryl methyl sites for hydroxylation is 2. The molecule has 1 unspecified atom stereocenters. The molecule has 0 fully saturated rings. The van der Waals surface area contributed by atoms with Crippen molar-refractivity contribution < 1.29 is 27.4 Å². The summed E-state index contributed by atoms with van der Waals surface area (Å²) in [6.45, 7) is 4.96. The zero-order chi connectivity index (χ0) is 19.5. The lowest BCUT2D eigenvalue weighted by Crippen LogP contribution is -2.14. The van der Waals surface area contributed by atoms with E-state index in [1.165, 1.54) is 31.2 Å². The largest absolute Gasteiger partial charge is 0.465 e. The quantitative estimate of drug-likeness (QED) is 0.339. The Kier molecular flexibility index (Phi) is 5.83. The molecule has 0 aliphatic heterocycles. The van der Waals surface area contributed by atoms with Gasteiger partial charge in [-0.15, -0.1) is 0 Å². The molecule has 0 heterocycles. The summed E-state index contributed by atoms with van der Waals surface area (Å²) in [5, 5.41) is 20.5. The molecule has 0 aliphatic carbocycles. The summed E-state index contributed by atoms with van der Waals surface area (Å²) < 4.78 is 35.5. The number of benzene rings is 2. The molecule has 2 rings (SSSR count). The fourth-order valence-electron chi connectivity index (χ4n) is 2.21. The lowest BCUT2D eigenvalue weighted by Gasteiger charge is -2.14. The van der Waals surface area contributed by atoms with Gasteiger partial charge in [-0.25, -0.2) is 0 Å². The molecular formula is C17H19NO7S. The van der Waals surface area contributed by atoms with Gasteiger partial charge in [-0.2, -0.15) is 8.42 Å². The minimum atomic E-state index is -4.29. The van der Waals surface area contributed by atoms with Crippen molar-refractivity contribution in [1.29, 1.82) is 0 Å². The summed E-state index contributed by atoms with van der Waals surface area (Å²) in [6, 6.07) is 7.96. The van der Waals surface area contributed by atoms with Gasteiger partial charge in [0, 0.05) is 24.6 Å². The second kappa shape index (κ2) is 7.71. The van der Waals surface area contributed by atoms with Gasteiger partial charge in [-0.3, -0.25) is 10.1 Å². The van der Waals surface area contributed by atoms with Crippen LogP contribution in [0.15, 0.2) is 41.3 Å². The van der Waals surface area contributed by atoms with Crippen molar-refractivity contribution in [2.24, 2.45) is 0 Å². The Morgan fingerprint density at radius 2 is 1.81 bits per heavy atom. The van der Waals surface area contributed by atoms with E-state index >= 15 is 0 Å². The van der Waals surface area contributed by atoms with Crippen LogP contribution in [-0.4, -0.2) is 24.7 Å². The van der Waals surface area contributed by atoms with Gasteiger partial charge in [0.25, 0.3) is 5.69 Å². The van der Waals surface area contributed by atoms with Gasteiger partial charge < -0.3 is 14.0 Å². The smallest absolute Gasteiger partial charge is 0.339 e. The molecule has 140 valence electrons. The molecule has 2 aromatic carbocycles. The maximum Gasteiger partial charge on any atom is 0.339 e. The Bertz CT molecular complexity index is 925. The maximum atomic E-state index is 12.6. The first kappa shape index (κ1) is 19.7. The molecule has 2 aromatic rings. The number of ether oxygens (including phenoxy) is 1. The Labute approximate surface area is 151 Å². The second-order valence-electron chi connectivity index (χ2n) is 5.71. The predicted octanol–water partition coefficient (Wildman–Crippen LogP) is 3.09. The van der Waals surface area contributed by atoms with E-state index in [-0.39, 0.29) is 22.1 Å². The Hall–Kier alpha value is -2.65. The van der Waals surface area contributed by atoms with Crippen LogP contribution in [0.4, 0.5) is 5.69 Å². The van der Waals surface area contributed by atoms with Gasteiger partial charge in [0.15, 0.2) is 6.29 Å². The van der Waals surface area contributed by atoms with E-state index in [1.54, 1.807) is 19.9 Å². The summed E-state index contributed by atoms with van der Waals surface area (Å²) in [4.78, 5) is 9.93. The molecule has 9 heteroatoms. The number of nitro benzene ring substituents is 1. The van der Waals surface area contributed by atoms with Crippen LogP contribution in [0.2, 0.25) is 0 Å². The maximum absolute atomic E-state index is 12.6. The number of hydrogen-bond donors (Lipinski definition) is 1. The Morgan fingerprint density at radius 3 is 2.42 bits per heavy atom. The summed E-state index contributed by atoms with van der Waals surface area (Å²) in [7, 11) is -4.29. The van der Waals surface area contributed by atoms with Crippen molar-refractivity contribution in [3.63, 3.8) is 0 Å². The monoisotopic (exact) mass is 381 g/mol. The van der Waals surface area contributed by atoms with Crippen LogP contribution < -0.4 is 8.92 Å². The van der Waals surface area contributed by atoms with Crippen LogP contribution in [0.3, 0.4) is 0 Å². The van der Waals surface area contributed by atoms with Gasteiger partial charge >= 0.3 is 10.1 Å². The number of aliphatic hydroxyl groups excluding tert-OH is 1. The van der Waals surface area contributed by atoms with E-state index in [2.05, 4.69) is 0 Å². The van der Waals surface area contributed by atoms with Crippen molar-refractivity contribution in [2.75, 3.05) is 0 Å². The van der Waals surface area contributed by atoms with E-state index in [1.807, 2.05) is 0 Å². The van der Waals surface area contributed by atoms with Crippen LogP contribution in [0.1, 0.15) is 24.5 Å². The van der Waals surface area contributed by atoms with E-state index < -0.39 is 21.3 Å². The molecule has 0 aromatic heterocycles. The third-order valence-corrected chi connectivity index (χ3v) is 4.89. The molecule has 0 amide bonds. The van der Waals surface area contributed by atoms with Gasteiger partial charge in [-0.05, 0) is 37.1 Å². The third kappa shape index (κ3) is 4.70. The highest BCUT2D eigenvalue weighted by Gasteiger charge is 2.23. The lowest BCUT2D eigenvalue weighted by molar-refractivity contribution is -0.385. The highest BCUT2D eigenvalue weighted by Crippen LogP contribution is 2.28. The van der Waals surface area contributed by atoms with Gasteiger partial charge in [0.05, 0.1) is 4.92 Å². The number of hydrogen-bond acceptors (Lipinski definition) is 7. The second-order valence-corrected chi connectivity index (χ2v) is 7.22. The van der Waals surface area contributed by atoms with Crippen LogP contribution in [0, 0.1) is 24.0 Å². The van der Waals surface area contributed by atoms with E-state index in [9.17, 15) is 23.6 Å². The Balaban J connectivity index is 2.38. The molecular weight excluding hydrogens is 362 g/mol. The summed E-state index contributed by atoms with van der Waals surface area (Å²) >= 11 is 0. The zero-order valence-corrected chi connectivity index (χ0v) is 15.3. The normalized spacial score (nSPS) is 12.5. The third-order valence-electron chi connectivity index (χ3n) is 3.50. The van der Waals surface area contributed by atoms with Crippen molar-refractivity contribution in [2.45, 2.75) is 38.4 Å². The molecule has 0 bridgehead atoms. The highest BCUT2D eigenvalue weighted by molar-refractivity contribution is 7.87. The predicted molar refractivity (Wildman–Crippen MR) is 93.8 cm³/mol. The molecule has 0 radical (unpaired) electrons. The minimum Gasteiger partial charge on any atom is -0.465 e. The molecule has 8 nitrogen and oxygen atoms in total. The molecule has 0 aliphatic rings. The first-order chi connectivity index (χ1) is 12.1.